The largest absolute Gasteiger partial charge is 0.322 e. The van der Waals surface area contributed by atoms with Crippen LogP contribution in [-0.2, 0) is 16.1 Å². The number of hydrogen-bond donors (Lipinski definition) is 2. The van der Waals surface area contributed by atoms with Gasteiger partial charge in [-0.05, 0) is 5.92 Å². The van der Waals surface area contributed by atoms with Crippen LogP contribution >= 0.6 is 0 Å². The van der Waals surface area contributed by atoms with Gasteiger partial charge >= 0.3 is 0 Å². The number of nitrogens with one attached hydrogen (secondary N) is 2. The van der Waals surface area contributed by atoms with E-state index in [1.165, 1.54) is 15.4 Å². The Kier molecular flexibility index (Phi) is 5.31. The van der Waals surface area contributed by atoms with Crippen LogP contribution in [0, 0.1) is 5.92 Å². The van der Waals surface area contributed by atoms with Crippen molar-refractivity contribution in [1.29, 1.82) is 0 Å². The molecule has 2 heterocycles. The fourth-order valence-corrected chi connectivity index (χ4v) is 3.89. The number of amides is 2. The second kappa shape index (κ2) is 7.45. The van der Waals surface area contributed by atoms with Crippen molar-refractivity contribution in [3.05, 3.63) is 35.9 Å². The van der Waals surface area contributed by atoms with Crippen LogP contribution in [-0.4, -0.2) is 55.5 Å². The molecule has 5 heteroatoms. The fraction of sp³-hybridized carbons (Fsp3) is 0.579. The summed E-state index contributed by atoms with van der Waals surface area (Å²) >= 11 is 0. The van der Waals surface area contributed by atoms with Gasteiger partial charge in [-0.15, -0.1) is 0 Å². The maximum Gasteiger partial charge on any atom is 0.288 e. The van der Waals surface area contributed by atoms with Crippen LogP contribution < -0.4 is 9.80 Å². The van der Waals surface area contributed by atoms with Crippen LogP contribution in [0.5, 0.6) is 0 Å². The SMILES string of the molecule is CC(C)CN1C(=O)C[C@H]([NH+]2CC[NH+](Cc3ccccc3)CC2)C1=O. The Morgan fingerprint density at radius 2 is 1.75 bits per heavy atom. The lowest BCUT2D eigenvalue weighted by molar-refractivity contribution is -1.02. The summed E-state index contributed by atoms with van der Waals surface area (Å²) in [4.78, 5) is 29.1. The maximum absolute atomic E-state index is 12.6. The zero-order valence-electron chi connectivity index (χ0n) is 14.8. The Hall–Kier alpha value is -1.72. The summed E-state index contributed by atoms with van der Waals surface area (Å²) in [5.74, 6) is 0.402. The minimum Gasteiger partial charge on any atom is -0.322 e. The first-order valence-corrected chi connectivity index (χ1v) is 9.11. The lowest BCUT2D eigenvalue weighted by atomic mass is 10.1. The van der Waals surface area contributed by atoms with Crippen molar-refractivity contribution >= 4 is 11.8 Å². The third-order valence-electron chi connectivity index (χ3n) is 5.18. The summed E-state index contributed by atoms with van der Waals surface area (Å²) in [5, 5.41) is 0. The lowest BCUT2D eigenvalue weighted by Gasteiger charge is -2.32. The van der Waals surface area contributed by atoms with E-state index < -0.39 is 0 Å². The van der Waals surface area contributed by atoms with E-state index in [-0.39, 0.29) is 17.9 Å². The van der Waals surface area contributed by atoms with Crippen molar-refractivity contribution in [2.24, 2.45) is 5.92 Å². The van der Waals surface area contributed by atoms with Crippen LogP contribution in [0.3, 0.4) is 0 Å². The highest BCUT2D eigenvalue weighted by Gasteiger charge is 2.46. The topological polar surface area (TPSA) is 46.3 Å². The molecule has 3 rings (SSSR count). The second-order valence-corrected chi connectivity index (χ2v) is 7.56. The van der Waals surface area contributed by atoms with Crippen molar-refractivity contribution in [1.82, 2.24) is 4.90 Å². The molecule has 2 fully saturated rings. The molecule has 1 atom stereocenters. The molecule has 2 aliphatic heterocycles. The third kappa shape index (κ3) is 3.84. The van der Waals surface area contributed by atoms with Gasteiger partial charge in [-0.2, -0.15) is 0 Å². The summed E-state index contributed by atoms with van der Waals surface area (Å²) < 4.78 is 0. The number of quaternary nitrogens is 2. The Bertz CT molecular complexity index is 580. The van der Waals surface area contributed by atoms with E-state index in [9.17, 15) is 9.59 Å². The number of benzene rings is 1. The van der Waals surface area contributed by atoms with Crippen molar-refractivity contribution in [2.45, 2.75) is 32.9 Å². The van der Waals surface area contributed by atoms with E-state index in [4.69, 9.17) is 0 Å². The molecule has 0 unspecified atom stereocenters. The van der Waals surface area contributed by atoms with E-state index in [2.05, 4.69) is 24.3 Å². The number of carbonyl (C=O) groups is 2. The van der Waals surface area contributed by atoms with Gasteiger partial charge in [0.1, 0.15) is 32.7 Å². The van der Waals surface area contributed by atoms with Crippen LogP contribution in [0.2, 0.25) is 0 Å². The molecule has 0 radical (unpaired) electrons. The van der Waals surface area contributed by atoms with Crippen LogP contribution in [0.25, 0.3) is 0 Å². The van der Waals surface area contributed by atoms with Crippen LogP contribution in [0.1, 0.15) is 25.8 Å². The number of rotatable bonds is 5. The normalized spacial score (nSPS) is 28.0. The van der Waals surface area contributed by atoms with Crippen LogP contribution in [0.4, 0.5) is 0 Å². The summed E-state index contributed by atoms with van der Waals surface area (Å²) in [5.41, 5.74) is 1.37. The molecular formula is C19H29N3O2+2. The molecule has 2 N–H and O–H groups in total. The smallest absolute Gasteiger partial charge is 0.288 e. The molecule has 2 aliphatic rings. The van der Waals surface area contributed by atoms with E-state index in [0.29, 0.717) is 18.9 Å². The zero-order chi connectivity index (χ0) is 17.1. The van der Waals surface area contributed by atoms with Crippen molar-refractivity contribution < 1.29 is 19.4 Å². The standard InChI is InChI=1S/C19H27N3O2/c1-15(2)13-22-18(23)12-17(19(22)24)21-10-8-20(9-11-21)14-16-6-4-3-5-7-16/h3-7,15,17H,8-14H2,1-2H3/p+2/t17-/m0/s1. The second-order valence-electron chi connectivity index (χ2n) is 7.56. The zero-order valence-corrected chi connectivity index (χ0v) is 14.8. The molecule has 0 aliphatic carbocycles. The van der Waals surface area contributed by atoms with Gasteiger partial charge in [-0.1, -0.05) is 44.2 Å². The van der Waals surface area contributed by atoms with Crippen molar-refractivity contribution in [3.63, 3.8) is 0 Å². The molecule has 0 aromatic heterocycles. The van der Waals surface area contributed by atoms with Gasteiger partial charge in [0.25, 0.3) is 5.91 Å². The number of likely N-dealkylation sites (tertiary alicyclic amines) is 1. The lowest BCUT2D eigenvalue weighted by Crippen LogP contribution is -3.29. The highest BCUT2D eigenvalue weighted by Crippen LogP contribution is 2.13. The van der Waals surface area contributed by atoms with Gasteiger partial charge in [0.2, 0.25) is 5.91 Å². The molecule has 5 nitrogen and oxygen atoms in total. The van der Waals surface area contributed by atoms with E-state index in [0.717, 1.165) is 32.7 Å². The van der Waals surface area contributed by atoms with Crippen molar-refractivity contribution in [3.8, 4) is 0 Å². The summed E-state index contributed by atoms with van der Waals surface area (Å²) in [6, 6.07) is 10.4. The number of piperazine rings is 1. The molecule has 24 heavy (non-hydrogen) atoms. The highest BCUT2D eigenvalue weighted by atomic mass is 16.2. The molecule has 2 saturated heterocycles. The molecule has 1 aromatic rings. The molecule has 0 bridgehead atoms. The molecule has 1 aromatic carbocycles. The first kappa shape index (κ1) is 17.1. The predicted octanol–water partition coefficient (Wildman–Crippen LogP) is -1.25. The van der Waals surface area contributed by atoms with E-state index in [1.54, 1.807) is 4.90 Å². The average Bonchev–Trinajstić information content (AvgIpc) is 2.84. The minimum absolute atomic E-state index is 0.0188. The van der Waals surface area contributed by atoms with Gasteiger partial charge in [-0.25, -0.2) is 0 Å². The van der Waals surface area contributed by atoms with Gasteiger partial charge in [0, 0.05) is 12.1 Å². The number of hydrogen-bond acceptors (Lipinski definition) is 2. The minimum atomic E-state index is -0.144. The van der Waals surface area contributed by atoms with Gasteiger partial charge in [0.15, 0.2) is 6.04 Å². The quantitative estimate of drug-likeness (QED) is 0.663. The molecular weight excluding hydrogens is 302 g/mol. The molecule has 0 saturated carbocycles. The molecule has 0 spiro atoms. The fourth-order valence-electron chi connectivity index (χ4n) is 3.89. The third-order valence-corrected chi connectivity index (χ3v) is 5.18. The summed E-state index contributed by atoms with van der Waals surface area (Å²) in [7, 11) is 0. The predicted molar refractivity (Wildman–Crippen MR) is 91.5 cm³/mol. The van der Waals surface area contributed by atoms with Crippen LogP contribution in [0.15, 0.2) is 30.3 Å². The Labute approximate surface area is 144 Å². The monoisotopic (exact) mass is 331 g/mol. The van der Waals surface area contributed by atoms with Gasteiger partial charge in [-0.3, -0.25) is 14.5 Å². The van der Waals surface area contributed by atoms with E-state index >= 15 is 0 Å². The molecule has 2 amide bonds. The first-order valence-electron chi connectivity index (χ1n) is 9.11. The number of imide groups is 1. The highest BCUT2D eigenvalue weighted by molar-refractivity contribution is 6.04. The van der Waals surface area contributed by atoms with Gasteiger partial charge < -0.3 is 9.80 Å². The number of carbonyl (C=O) groups excluding carboxylic acids is 2. The van der Waals surface area contributed by atoms with E-state index in [1.807, 2.05) is 19.9 Å². The van der Waals surface area contributed by atoms with Crippen molar-refractivity contribution in [2.75, 3.05) is 32.7 Å². The molecule has 130 valence electrons. The maximum atomic E-state index is 12.6. The van der Waals surface area contributed by atoms with Gasteiger partial charge in [0.05, 0.1) is 6.42 Å². The summed E-state index contributed by atoms with van der Waals surface area (Å²) in [6.07, 6.45) is 0.398. The number of nitrogens with zero attached hydrogens (tertiary/aromatic N) is 1. The first-order chi connectivity index (χ1) is 11.5. The average molecular weight is 331 g/mol. The Morgan fingerprint density at radius 3 is 2.38 bits per heavy atom. The summed E-state index contributed by atoms with van der Waals surface area (Å²) in [6.45, 7) is 9.78. The Balaban J connectivity index is 1.53. The Morgan fingerprint density at radius 1 is 1.08 bits per heavy atom.